The summed E-state index contributed by atoms with van der Waals surface area (Å²) in [4.78, 5) is 24.0. The first-order chi connectivity index (χ1) is 9.49. The number of rotatable bonds is 4. The molecule has 0 heterocycles. The van der Waals surface area contributed by atoms with Crippen molar-refractivity contribution in [3.63, 3.8) is 0 Å². The summed E-state index contributed by atoms with van der Waals surface area (Å²) in [5.74, 6) is -1.85. The number of ether oxygens (including phenoxy) is 1. The topological polar surface area (TPSA) is 70.4 Å². The molecule has 0 N–H and O–H groups in total. The van der Waals surface area contributed by atoms with Crippen LogP contribution in [0.2, 0.25) is 0 Å². The zero-order chi connectivity index (χ0) is 15.1. The Balaban J connectivity index is 2.82. The van der Waals surface area contributed by atoms with Crippen LogP contribution in [0.15, 0.2) is 30.4 Å². The number of carbonyl (C=O) groups is 2. The van der Waals surface area contributed by atoms with E-state index in [0.29, 0.717) is 0 Å². The molecule has 0 aromatic heterocycles. The summed E-state index contributed by atoms with van der Waals surface area (Å²) in [5, 5.41) is 8.62. The lowest BCUT2D eigenvalue weighted by molar-refractivity contribution is -0.137. The number of hydrogen-bond acceptors (Lipinski definition) is 4. The van der Waals surface area contributed by atoms with Gasteiger partial charge in [-0.2, -0.15) is 5.26 Å². The molecule has 0 fully saturated rings. The Labute approximate surface area is 115 Å². The van der Waals surface area contributed by atoms with Gasteiger partial charge in [0.05, 0.1) is 12.2 Å². The minimum atomic E-state index is -0.709. The second-order valence-corrected chi connectivity index (χ2v) is 3.76. The van der Waals surface area contributed by atoms with Crippen LogP contribution in [0.25, 0.3) is 0 Å². The molecule has 0 unspecified atom stereocenters. The van der Waals surface area contributed by atoms with Crippen LogP contribution in [-0.2, 0) is 14.3 Å². The minimum absolute atomic E-state index is 0.100. The maximum absolute atomic E-state index is 13.4. The maximum Gasteiger partial charge on any atom is 0.330 e. The zero-order valence-electron chi connectivity index (χ0n) is 11.1. The van der Waals surface area contributed by atoms with Crippen molar-refractivity contribution < 1.29 is 18.7 Å². The number of likely N-dealkylation sites (N-methyl/N-ethyl adjacent to an activating group) is 1. The molecular formula is C14H13FN2O3. The summed E-state index contributed by atoms with van der Waals surface area (Å²) in [5.41, 5.74) is 0.177. The van der Waals surface area contributed by atoms with E-state index in [-0.39, 0.29) is 17.9 Å². The van der Waals surface area contributed by atoms with E-state index in [1.54, 1.807) is 13.0 Å². The Morgan fingerprint density at radius 3 is 2.70 bits per heavy atom. The molecule has 1 aromatic rings. The highest BCUT2D eigenvalue weighted by Gasteiger charge is 2.11. The third kappa shape index (κ3) is 3.92. The van der Waals surface area contributed by atoms with Crippen LogP contribution in [0, 0.1) is 17.1 Å². The van der Waals surface area contributed by atoms with Gasteiger partial charge in [-0.1, -0.05) is 0 Å². The van der Waals surface area contributed by atoms with Crippen molar-refractivity contribution in [3.8, 4) is 6.07 Å². The van der Waals surface area contributed by atoms with Crippen molar-refractivity contribution in [2.75, 3.05) is 18.6 Å². The van der Waals surface area contributed by atoms with Crippen molar-refractivity contribution >= 4 is 17.6 Å². The fourth-order valence-electron chi connectivity index (χ4n) is 1.37. The Morgan fingerprint density at radius 1 is 1.45 bits per heavy atom. The molecule has 0 atom stereocenters. The van der Waals surface area contributed by atoms with Gasteiger partial charge in [0.2, 0.25) is 0 Å². The predicted molar refractivity (Wildman–Crippen MR) is 70.3 cm³/mol. The number of benzene rings is 1. The van der Waals surface area contributed by atoms with Gasteiger partial charge in [0.15, 0.2) is 0 Å². The molecule has 0 aliphatic heterocycles. The van der Waals surface area contributed by atoms with Gasteiger partial charge in [-0.3, -0.25) is 4.79 Å². The van der Waals surface area contributed by atoms with Crippen molar-refractivity contribution in [1.29, 1.82) is 5.26 Å². The summed E-state index contributed by atoms with van der Waals surface area (Å²) >= 11 is 0. The monoisotopic (exact) mass is 276 g/mol. The number of esters is 1. The molecule has 0 aliphatic rings. The van der Waals surface area contributed by atoms with Gasteiger partial charge >= 0.3 is 5.97 Å². The second-order valence-electron chi connectivity index (χ2n) is 3.76. The van der Waals surface area contributed by atoms with E-state index in [9.17, 15) is 14.0 Å². The average molecular weight is 276 g/mol. The van der Waals surface area contributed by atoms with E-state index in [0.717, 1.165) is 23.1 Å². The van der Waals surface area contributed by atoms with E-state index in [4.69, 9.17) is 5.26 Å². The molecule has 6 heteroatoms. The van der Waals surface area contributed by atoms with Gasteiger partial charge in [0.1, 0.15) is 11.9 Å². The molecule has 0 bridgehead atoms. The molecule has 104 valence electrons. The Hall–Kier alpha value is -2.68. The summed E-state index contributed by atoms with van der Waals surface area (Å²) < 4.78 is 18.1. The Kier molecular flexibility index (Phi) is 5.42. The SMILES string of the molecule is CCOC(=O)/C=C/C(=O)N(C)c1ccc(C#N)c(F)c1. The first-order valence-corrected chi connectivity index (χ1v) is 5.81. The van der Waals surface area contributed by atoms with E-state index in [1.165, 1.54) is 19.2 Å². The fourth-order valence-corrected chi connectivity index (χ4v) is 1.37. The largest absolute Gasteiger partial charge is 0.463 e. The third-order valence-electron chi connectivity index (χ3n) is 2.44. The molecule has 0 aliphatic carbocycles. The first-order valence-electron chi connectivity index (χ1n) is 5.81. The molecule has 0 radical (unpaired) electrons. The van der Waals surface area contributed by atoms with Crippen LogP contribution in [0.5, 0.6) is 0 Å². The van der Waals surface area contributed by atoms with Crippen LogP contribution in [-0.4, -0.2) is 25.5 Å². The minimum Gasteiger partial charge on any atom is -0.463 e. The third-order valence-corrected chi connectivity index (χ3v) is 2.44. The molecule has 20 heavy (non-hydrogen) atoms. The van der Waals surface area contributed by atoms with Crippen LogP contribution in [0.1, 0.15) is 12.5 Å². The number of nitrogens with zero attached hydrogens (tertiary/aromatic N) is 2. The van der Waals surface area contributed by atoms with Crippen LogP contribution in [0.3, 0.4) is 0 Å². The first kappa shape index (κ1) is 15.4. The molecule has 0 spiro atoms. The molecule has 5 nitrogen and oxygen atoms in total. The number of amides is 1. The van der Waals surface area contributed by atoms with Crippen molar-refractivity contribution in [3.05, 3.63) is 41.7 Å². The molecule has 0 saturated heterocycles. The maximum atomic E-state index is 13.4. The molecular weight excluding hydrogens is 263 g/mol. The fraction of sp³-hybridized carbons (Fsp3) is 0.214. The quantitative estimate of drug-likeness (QED) is 0.621. The second kappa shape index (κ2) is 7.04. The Morgan fingerprint density at radius 2 is 2.15 bits per heavy atom. The van der Waals surface area contributed by atoms with Gasteiger partial charge in [-0.05, 0) is 25.1 Å². The molecule has 1 aromatic carbocycles. The van der Waals surface area contributed by atoms with E-state index < -0.39 is 17.7 Å². The molecule has 1 rings (SSSR count). The van der Waals surface area contributed by atoms with Gasteiger partial charge in [0, 0.05) is 24.9 Å². The van der Waals surface area contributed by atoms with E-state index in [2.05, 4.69) is 4.74 Å². The average Bonchev–Trinajstić information content (AvgIpc) is 2.44. The highest BCUT2D eigenvalue weighted by Crippen LogP contribution is 2.17. The van der Waals surface area contributed by atoms with Crippen LogP contribution >= 0.6 is 0 Å². The van der Waals surface area contributed by atoms with Crippen LogP contribution in [0.4, 0.5) is 10.1 Å². The summed E-state index contributed by atoms with van der Waals surface area (Å²) in [6.45, 7) is 1.87. The van der Waals surface area contributed by atoms with Gasteiger partial charge in [0.25, 0.3) is 5.91 Å². The lowest BCUT2D eigenvalue weighted by atomic mass is 10.2. The Bertz CT molecular complexity index is 591. The van der Waals surface area contributed by atoms with E-state index >= 15 is 0 Å². The molecule has 0 saturated carbocycles. The number of carbonyl (C=O) groups excluding carboxylic acids is 2. The number of hydrogen-bond donors (Lipinski definition) is 0. The standard InChI is InChI=1S/C14H13FN2O3/c1-3-20-14(19)7-6-13(18)17(2)11-5-4-10(9-16)12(15)8-11/h4-8H,3H2,1-2H3/b7-6+. The summed E-state index contributed by atoms with van der Waals surface area (Å²) in [6.07, 6.45) is 2.04. The number of anilines is 1. The van der Waals surface area contributed by atoms with Crippen molar-refractivity contribution in [1.82, 2.24) is 0 Å². The lowest BCUT2D eigenvalue weighted by Gasteiger charge is -2.15. The smallest absolute Gasteiger partial charge is 0.330 e. The van der Waals surface area contributed by atoms with Gasteiger partial charge in [-0.25, -0.2) is 9.18 Å². The molecule has 1 amide bonds. The number of halogens is 1. The van der Waals surface area contributed by atoms with Crippen molar-refractivity contribution in [2.24, 2.45) is 0 Å². The summed E-state index contributed by atoms with van der Waals surface area (Å²) in [6, 6.07) is 5.49. The summed E-state index contributed by atoms with van der Waals surface area (Å²) in [7, 11) is 1.43. The lowest BCUT2D eigenvalue weighted by Crippen LogP contribution is -2.24. The van der Waals surface area contributed by atoms with Gasteiger partial charge in [-0.15, -0.1) is 0 Å². The van der Waals surface area contributed by atoms with Gasteiger partial charge < -0.3 is 9.64 Å². The zero-order valence-corrected chi connectivity index (χ0v) is 11.1. The number of nitriles is 1. The highest BCUT2D eigenvalue weighted by atomic mass is 19.1. The van der Waals surface area contributed by atoms with Crippen molar-refractivity contribution in [2.45, 2.75) is 6.92 Å². The normalized spacial score (nSPS) is 10.1. The highest BCUT2D eigenvalue weighted by molar-refractivity contribution is 6.03. The predicted octanol–water partition coefficient (Wildman–Crippen LogP) is 1.78. The van der Waals surface area contributed by atoms with Crippen LogP contribution < -0.4 is 4.90 Å². The van der Waals surface area contributed by atoms with E-state index in [1.807, 2.05) is 0 Å².